The first-order chi connectivity index (χ1) is 19.6. The maximum absolute atomic E-state index is 12.0. The lowest BCUT2D eigenvalue weighted by Gasteiger charge is -2.47. The van der Waals surface area contributed by atoms with E-state index in [0.717, 1.165) is 42.7 Å². The summed E-state index contributed by atoms with van der Waals surface area (Å²) in [6, 6.07) is 4.39. The first-order valence-electron chi connectivity index (χ1n) is 16.0. The van der Waals surface area contributed by atoms with Gasteiger partial charge in [0.05, 0.1) is 6.61 Å². The molecule has 236 valence electrons. The molecule has 1 aromatic carbocycles. The third-order valence-electron chi connectivity index (χ3n) is 8.74. The molecule has 1 heterocycles. The largest absolute Gasteiger partial charge is 0.493 e. The summed E-state index contributed by atoms with van der Waals surface area (Å²) in [7, 11) is 0. The van der Waals surface area contributed by atoms with E-state index in [1.54, 1.807) is 0 Å². The topological polar surface area (TPSA) is 94.1 Å². The summed E-state index contributed by atoms with van der Waals surface area (Å²) < 4.78 is 18.5. The molecule has 1 aromatic rings. The van der Waals surface area contributed by atoms with Crippen LogP contribution >= 0.6 is 0 Å². The number of nitrogens with one attached hydrogen (secondary N) is 1. The zero-order valence-corrected chi connectivity index (χ0v) is 27.4. The molecule has 0 radical (unpaired) electrons. The third kappa shape index (κ3) is 9.15. The monoisotopic (exact) mass is 585 g/mol. The standard InChI is InChI=1S/C35H55NO6/c1-9-10-11-13-18-34(5,6)25-22-28(40-20-15-12-14-19-36-32(39)42-33(2,3)4)30-26-21-24(31(37)38)16-17-27(26)35(7,8)41-29(30)23-25/h16,22-23,26-27H,9-15,17-21H2,1-8H3,(H,36,39)(H,37,38)/t26-,27-/m1/s1. The first kappa shape index (κ1) is 33.8. The number of unbranched alkanes of at least 4 members (excludes halogenated alkanes) is 5. The number of hydrogen-bond acceptors (Lipinski definition) is 5. The van der Waals surface area contributed by atoms with E-state index >= 15 is 0 Å². The highest BCUT2D eigenvalue weighted by atomic mass is 16.6. The molecule has 0 bridgehead atoms. The van der Waals surface area contributed by atoms with Crippen molar-refractivity contribution in [2.24, 2.45) is 5.92 Å². The molecule has 42 heavy (non-hydrogen) atoms. The van der Waals surface area contributed by atoms with E-state index in [-0.39, 0.29) is 23.3 Å². The van der Waals surface area contributed by atoms with Gasteiger partial charge in [0.15, 0.2) is 0 Å². The molecule has 2 N–H and O–H groups in total. The lowest BCUT2D eigenvalue weighted by Crippen LogP contribution is -2.46. The number of carboxylic acids is 1. The molecule has 1 aliphatic heterocycles. The molecule has 0 saturated heterocycles. The van der Waals surface area contributed by atoms with Crippen molar-refractivity contribution in [3.05, 3.63) is 34.9 Å². The molecule has 1 amide bonds. The fourth-order valence-electron chi connectivity index (χ4n) is 6.29. The van der Waals surface area contributed by atoms with Gasteiger partial charge in [-0.2, -0.15) is 0 Å². The van der Waals surface area contributed by atoms with Gasteiger partial charge in [0.2, 0.25) is 0 Å². The molecule has 0 spiro atoms. The molecule has 0 aromatic heterocycles. The van der Waals surface area contributed by atoms with Gasteiger partial charge in [-0.05, 0) is 96.3 Å². The molecule has 7 nitrogen and oxygen atoms in total. The molecule has 0 fully saturated rings. The van der Waals surface area contributed by atoms with Crippen LogP contribution in [0, 0.1) is 5.92 Å². The number of hydrogen-bond donors (Lipinski definition) is 2. The van der Waals surface area contributed by atoms with E-state index in [0.29, 0.717) is 31.6 Å². The second kappa shape index (κ2) is 14.2. The molecular weight excluding hydrogens is 530 g/mol. The van der Waals surface area contributed by atoms with E-state index < -0.39 is 17.2 Å². The van der Waals surface area contributed by atoms with Gasteiger partial charge in [0.25, 0.3) is 0 Å². The minimum absolute atomic E-state index is 0.0228. The van der Waals surface area contributed by atoms with Crippen molar-refractivity contribution in [2.45, 2.75) is 142 Å². The van der Waals surface area contributed by atoms with Gasteiger partial charge >= 0.3 is 12.1 Å². The number of amides is 1. The Balaban J connectivity index is 1.78. The zero-order chi connectivity index (χ0) is 31.1. The van der Waals surface area contributed by atoms with Gasteiger partial charge in [0.1, 0.15) is 22.7 Å². The Morgan fingerprint density at radius 2 is 1.76 bits per heavy atom. The van der Waals surface area contributed by atoms with Gasteiger partial charge < -0.3 is 24.6 Å². The highest BCUT2D eigenvalue weighted by molar-refractivity contribution is 5.87. The molecule has 2 aliphatic rings. The quantitative estimate of drug-likeness (QED) is 0.212. The number of alkyl carbamates (subject to hydrolysis) is 1. The summed E-state index contributed by atoms with van der Waals surface area (Å²) in [5, 5.41) is 12.6. The second-order valence-corrected chi connectivity index (χ2v) is 14.3. The van der Waals surface area contributed by atoms with Crippen molar-refractivity contribution in [3.8, 4) is 11.5 Å². The number of rotatable bonds is 14. The fraction of sp³-hybridized carbons (Fsp3) is 0.714. The number of fused-ring (bicyclic) bond motifs is 3. The molecule has 0 saturated carbocycles. The lowest BCUT2D eigenvalue weighted by atomic mass is 9.66. The number of carbonyl (C=O) groups is 2. The van der Waals surface area contributed by atoms with Crippen LogP contribution < -0.4 is 14.8 Å². The van der Waals surface area contributed by atoms with Gasteiger partial charge in [0, 0.05) is 29.5 Å². The Bertz CT molecular complexity index is 1110. The summed E-state index contributed by atoms with van der Waals surface area (Å²) in [6.07, 6.45) is 11.2. The van der Waals surface area contributed by atoms with E-state index in [9.17, 15) is 14.7 Å². The van der Waals surface area contributed by atoms with Crippen LogP contribution in [0.2, 0.25) is 0 Å². The average Bonchev–Trinajstić information content (AvgIpc) is 2.88. The Morgan fingerprint density at radius 3 is 2.43 bits per heavy atom. The van der Waals surface area contributed by atoms with Gasteiger partial charge in [-0.3, -0.25) is 0 Å². The summed E-state index contributed by atoms with van der Waals surface area (Å²) in [6.45, 7) is 17.7. The predicted molar refractivity (Wildman–Crippen MR) is 168 cm³/mol. The van der Waals surface area contributed by atoms with Crippen molar-refractivity contribution in [2.75, 3.05) is 13.2 Å². The number of aliphatic carboxylic acids is 1. The molecule has 3 rings (SSSR count). The van der Waals surface area contributed by atoms with Crippen LogP contribution in [0.15, 0.2) is 23.8 Å². The fourth-order valence-corrected chi connectivity index (χ4v) is 6.29. The zero-order valence-electron chi connectivity index (χ0n) is 27.4. The van der Waals surface area contributed by atoms with Gasteiger partial charge in [-0.1, -0.05) is 52.5 Å². The number of allylic oxidation sites excluding steroid dienone is 1. The molecule has 1 aliphatic carbocycles. The van der Waals surface area contributed by atoms with Crippen LogP contribution in [0.3, 0.4) is 0 Å². The highest BCUT2D eigenvalue weighted by Crippen LogP contribution is 2.55. The van der Waals surface area contributed by atoms with Crippen LogP contribution in [-0.2, 0) is 14.9 Å². The minimum atomic E-state index is -0.841. The average molecular weight is 586 g/mol. The maximum Gasteiger partial charge on any atom is 0.407 e. The van der Waals surface area contributed by atoms with Crippen LogP contribution in [-0.4, -0.2) is 41.5 Å². The Morgan fingerprint density at radius 1 is 1.05 bits per heavy atom. The number of ether oxygens (including phenoxy) is 3. The van der Waals surface area contributed by atoms with Gasteiger partial charge in [-0.25, -0.2) is 9.59 Å². The third-order valence-corrected chi connectivity index (χ3v) is 8.74. The Hall–Kier alpha value is -2.70. The molecule has 0 unspecified atom stereocenters. The highest BCUT2D eigenvalue weighted by Gasteiger charge is 2.47. The van der Waals surface area contributed by atoms with Crippen molar-refractivity contribution in [3.63, 3.8) is 0 Å². The van der Waals surface area contributed by atoms with Crippen LogP contribution in [0.1, 0.15) is 137 Å². The number of benzene rings is 1. The number of carboxylic acid groups (broad SMARTS) is 1. The molecular formula is C35H55NO6. The maximum atomic E-state index is 12.0. The van der Waals surface area contributed by atoms with Gasteiger partial charge in [-0.15, -0.1) is 0 Å². The Kier molecular flexibility index (Phi) is 11.4. The summed E-state index contributed by atoms with van der Waals surface area (Å²) >= 11 is 0. The van der Waals surface area contributed by atoms with Crippen molar-refractivity contribution >= 4 is 12.1 Å². The smallest absolute Gasteiger partial charge is 0.407 e. The summed E-state index contributed by atoms with van der Waals surface area (Å²) in [5.41, 5.74) is 1.73. The van der Waals surface area contributed by atoms with E-state index in [4.69, 9.17) is 14.2 Å². The summed E-state index contributed by atoms with van der Waals surface area (Å²) in [5.74, 6) is 1.01. The van der Waals surface area contributed by atoms with E-state index in [1.165, 1.54) is 31.2 Å². The van der Waals surface area contributed by atoms with Crippen LogP contribution in [0.5, 0.6) is 11.5 Å². The van der Waals surface area contributed by atoms with Crippen LogP contribution in [0.25, 0.3) is 0 Å². The van der Waals surface area contributed by atoms with Crippen molar-refractivity contribution < 1.29 is 28.9 Å². The first-order valence-corrected chi connectivity index (χ1v) is 16.0. The second-order valence-electron chi connectivity index (χ2n) is 14.3. The van der Waals surface area contributed by atoms with E-state index in [2.05, 4.69) is 52.1 Å². The molecule has 7 heteroatoms. The minimum Gasteiger partial charge on any atom is -0.493 e. The molecule has 2 atom stereocenters. The SMILES string of the molecule is CCCCCCC(C)(C)c1cc(OCCCCCNC(=O)OC(C)(C)C)c2c(c1)OC(C)(C)[C@@H]1CC=C(C(=O)O)C[C@@H]21. The van der Waals surface area contributed by atoms with Crippen molar-refractivity contribution in [1.29, 1.82) is 0 Å². The number of carbonyl (C=O) groups excluding carboxylic acids is 1. The normalized spacial score (nSPS) is 19.6. The van der Waals surface area contributed by atoms with E-state index in [1.807, 2.05) is 26.8 Å². The lowest BCUT2D eigenvalue weighted by molar-refractivity contribution is -0.133. The van der Waals surface area contributed by atoms with Crippen LogP contribution in [0.4, 0.5) is 4.79 Å². The predicted octanol–water partition coefficient (Wildman–Crippen LogP) is 8.68. The Labute approximate surface area is 253 Å². The van der Waals surface area contributed by atoms with Crippen molar-refractivity contribution in [1.82, 2.24) is 5.32 Å². The summed E-state index contributed by atoms with van der Waals surface area (Å²) in [4.78, 5) is 23.9.